The first kappa shape index (κ1) is 13.6. The SMILES string of the molecule is CCc1nn(CC)c(CC(=O)C(O)C2CC2)c1Cl. The maximum Gasteiger partial charge on any atom is 0.167 e. The van der Waals surface area contributed by atoms with Gasteiger partial charge in [-0.1, -0.05) is 18.5 Å². The number of rotatable bonds is 6. The Labute approximate surface area is 112 Å². The van der Waals surface area contributed by atoms with E-state index < -0.39 is 6.10 Å². The summed E-state index contributed by atoms with van der Waals surface area (Å²) < 4.78 is 1.76. The molecule has 1 aromatic heterocycles. The highest BCUT2D eigenvalue weighted by molar-refractivity contribution is 6.32. The van der Waals surface area contributed by atoms with Gasteiger partial charge < -0.3 is 5.11 Å². The van der Waals surface area contributed by atoms with E-state index in [1.54, 1.807) is 4.68 Å². The van der Waals surface area contributed by atoms with Gasteiger partial charge in [-0.05, 0) is 32.1 Å². The van der Waals surface area contributed by atoms with Crippen LogP contribution in [-0.2, 0) is 24.2 Å². The number of aliphatic hydroxyl groups excluding tert-OH is 1. The zero-order chi connectivity index (χ0) is 13.3. The average Bonchev–Trinajstić information content (AvgIpc) is 3.16. The zero-order valence-electron chi connectivity index (χ0n) is 10.8. The molecule has 2 rings (SSSR count). The van der Waals surface area contributed by atoms with Gasteiger partial charge in [0.25, 0.3) is 0 Å². The third-order valence-electron chi connectivity index (χ3n) is 3.43. The Bertz CT molecular complexity index is 452. The smallest absolute Gasteiger partial charge is 0.167 e. The molecule has 0 amide bonds. The predicted octanol–water partition coefficient (Wildman–Crippen LogP) is 2.00. The molecule has 4 nitrogen and oxygen atoms in total. The van der Waals surface area contributed by atoms with Crippen molar-refractivity contribution in [2.24, 2.45) is 5.92 Å². The Kier molecular flexibility index (Phi) is 4.07. The topological polar surface area (TPSA) is 55.1 Å². The maximum atomic E-state index is 12.0. The number of hydrogen-bond acceptors (Lipinski definition) is 3. The summed E-state index contributed by atoms with van der Waals surface area (Å²) in [5, 5.41) is 14.8. The van der Waals surface area contributed by atoms with Crippen molar-refractivity contribution in [1.82, 2.24) is 9.78 Å². The lowest BCUT2D eigenvalue weighted by Crippen LogP contribution is -2.25. The van der Waals surface area contributed by atoms with Crippen molar-refractivity contribution in [2.75, 3.05) is 0 Å². The summed E-state index contributed by atoms with van der Waals surface area (Å²) in [5.41, 5.74) is 1.56. The molecule has 100 valence electrons. The van der Waals surface area contributed by atoms with Gasteiger partial charge in [0.1, 0.15) is 6.10 Å². The van der Waals surface area contributed by atoms with Gasteiger partial charge in [0, 0.05) is 6.54 Å². The number of halogens is 1. The standard InChI is InChI=1S/C13H19ClN2O2/c1-3-9-12(14)10(16(4-2)15-9)7-11(17)13(18)8-5-6-8/h8,13,18H,3-7H2,1-2H3. The largest absolute Gasteiger partial charge is 0.385 e. The maximum absolute atomic E-state index is 12.0. The number of aromatic nitrogens is 2. The third-order valence-corrected chi connectivity index (χ3v) is 3.87. The molecule has 1 saturated carbocycles. The third kappa shape index (κ3) is 2.59. The molecule has 18 heavy (non-hydrogen) atoms. The molecule has 5 heteroatoms. The highest BCUT2D eigenvalue weighted by atomic mass is 35.5. The van der Waals surface area contributed by atoms with E-state index in [9.17, 15) is 9.90 Å². The summed E-state index contributed by atoms with van der Waals surface area (Å²) in [7, 11) is 0. The quantitative estimate of drug-likeness (QED) is 0.860. The molecule has 1 aliphatic carbocycles. The van der Waals surface area contributed by atoms with E-state index in [0.29, 0.717) is 11.6 Å². The van der Waals surface area contributed by atoms with Crippen LogP contribution >= 0.6 is 11.6 Å². The van der Waals surface area contributed by atoms with Crippen molar-refractivity contribution in [3.8, 4) is 0 Å². The fourth-order valence-corrected chi connectivity index (χ4v) is 2.47. The molecule has 1 heterocycles. The molecular weight excluding hydrogens is 252 g/mol. The second kappa shape index (κ2) is 5.41. The number of aliphatic hydroxyl groups is 1. The molecule has 1 unspecified atom stereocenters. The minimum Gasteiger partial charge on any atom is -0.385 e. The van der Waals surface area contributed by atoms with Crippen LogP contribution in [0.4, 0.5) is 0 Å². The number of ketones is 1. The van der Waals surface area contributed by atoms with E-state index in [2.05, 4.69) is 5.10 Å². The molecule has 0 bridgehead atoms. The predicted molar refractivity (Wildman–Crippen MR) is 69.7 cm³/mol. The van der Waals surface area contributed by atoms with Crippen LogP contribution in [-0.4, -0.2) is 26.8 Å². The van der Waals surface area contributed by atoms with Crippen LogP contribution < -0.4 is 0 Å². The zero-order valence-corrected chi connectivity index (χ0v) is 11.6. The second-order valence-electron chi connectivity index (χ2n) is 4.80. The molecule has 0 radical (unpaired) electrons. The minimum atomic E-state index is -0.827. The Morgan fingerprint density at radius 2 is 2.22 bits per heavy atom. The van der Waals surface area contributed by atoms with Gasteiger partial charge in [0.2, 0.25) is 0 Å². The second-order valence-corrected chi connectivity index (χ2v) is 5.18. The van der Waals surface area contributed by atoms with Gasteiger partial charge in [-0.15, -0.1) is 0 Å². The van der Waals surface area contributed by atoms with E-state index in [4.69, 9.17) is 11.6 Å². The summed E-state index contributed by atoms with van der Waals surface area (Å²) in [6, 6.07) is 0. The normalized spacial score (nSPS) is 16.9. The molecule has 1 fully saturated rings. The van der Waals surface area contributed by atoms with Crippen LogP contribution in [0.3, 0.4) is 0 Å². The lowest BCUT2D eigenvalue weighted by molar-refractivity contribution is -0.127. The Morgan fingerprint density at radius 1 is 1.56 bits per heavy atom. The van der Waals surface area contributed by atoms with Crippen molar-refractivity contribution in [3.05, 3.63) is 16.4 Å². The number of carbonyl (C=O) groups excluding carboxylic acids is 1. The highest BCUT2D eigenvalue weighted by Crippen LogP contribution is 2.33. The van der Waals surface area contributed by atoms with Crippen LogP contribution in [0.1, 0.15) is 38.1 Å². The molecule has 0 saturated heterocycles. The van der Waals surface area contributed by atoms with E-state index in [0.717, 1.165) is 30.7 Å². The highest BCUT2D eigenvalue weighted by Gasteiger charge is 2.35. The number of nitrogens with zero attached hydrogens (tertiary/aromatic N) is 2. The van der Waals surface area contributed by atoms with Crippen molar-refractivity contribution < 1.29 is 9.90 Å². The molecule has 0 aliphatic heterocycles. The van der Waals surface area contributed by atoms with E-state index in [1.807, 2.05) is 13.8 Å². The molecule has 0 spiro atoms. The minimum absolute atomic E-state index is 0.142. The van der Waals surface area contributed by atoms with Crippen molar-refractivity contribution in [1.29, 1.82) is 0 Å². The van der Waals surface area contributed by atoms with Gasteiger partial charge in [0.15, 0.2) is 5.78 Å². The van der Waals surface area contributed by atoms with Crippen LogP contribution in [0.5, 0.6) is 0 Å². The van der Waals surface area contributed by atoms with Crippen LogP contribution in [0, 0.1) is 5.92 Å². The van der Waals surface area contributed by atoms with Gasteiger partial charge in [-0.25, -0.2) is 0 Å². The van der Waals surface area contributed by atoms with E-state index in [-0.39, 0.29) is 18.1 Å². The number of aryl methyl sites for hydroxylation is 2. The summed E-state index contributed by atoms with van der Waals surface area (Å²) >= 11 is 6.24. The van der Waals surface area contributed by atoms with Gasteiger partial charge in [0.05, 0.1) is 22.8 Å². The van der Waals surface area contributed by atoms with Crippen molar-refractivity contribution in [2.45, 2.75) is 52.2 Å². The van der Waals surface area contributed by atoms with E-state index >= 15 is 0 Å². The van der Waals surface area contributed by atoms with Gasteiger partial charge in [-0.3, -0.25) is 9.48 Å². The molecule has 0 aromatic carbocycles. The summed E-state index contributed by atoms with van der Waals surface area (Å²) in [5.74, 6) is 0.0246. The van der Waals surface area contributed by atoms with Crippen LogP contribution in [0.25, 0.3) is 0 Å². The molecule has 1 aliphatic rings. The average molecular weight is 271 g/mol. The summed E-state index contributed by atoms with van der Waals surface area (Å²) in [4.78, 5) is 12.0. The van der Waals surface area contributed by atoms with Crippen LogP contribution in [0.15, 0.2) is 0 Å². The van der Waals surface area contributed by atoms with Gasteiger partial charge >= 0.3 is 0 Å². The monoisotopic (exact) mass is 270 g/mol. The molecular formula is C13H19ClN2O2. The lowest BCUT2D eigenvalue weighted by Gasteiger charge is -2.09. The summed E-state index contributed by atoms with van der Waals surface area (Å²) in [6.07, 6.45) is 2.00. The summed E-state index contributed by atoms with van der Waals surface area (Å²) in [6.45, 7) is 4.63. The number of Topliss-reactive ketones (excluding diaryl/α,β-unsaturated/α-hetero) is 1. The Morgan fingerprint density at radius 3 is 2.72 bits per heavy atom. The Balaban J connectivity index is 2.16. The molecule has 1 atom stereocenters. The molecule has 1 aromatic rings. The first-order valence-corrected chi connectivity index (χ1v) is 6.91. The number of hydrogen-bond donors (Lipinski definition) is 1. The Hall–Kier alpha value is -0.870. The molecule has 1 N–H and O–H groups in total. The van der Waals surface area contributed by atoms with Crippen molar-refractivity contribution in [3.63, 3.8) is 0 Å². The first-order chi connectivity index (χ1) is 8.58. The van der Waals surface area contributed by atoms with Crippen molar-refractivity contribution >= 4 is 17.4 Å². The van der Waals surface area contributed by atoms with E-state index in [1.165, 1.54) is 0 Å². The lowest BCUT2D eigenvalue weighted by atomic mass is 10.1. The van der Waals surface area contributed by atoms with Gasteiger partial charge in [-0.2, -0.15) is 5.10 Å². The number of carbonyl (C=O) groups is 1. The fourth-order valence-electron chi connectivity index (χ4n) is 2.13. The fraction of sp³-hybridized carbons (Fsp3) is 0.692. The van der Waals surface area contributed by atoms with Crippen LogP contribution in [0.2, 0.25) is 5.02 Å². The first-order valence-electron chi connectivity index (χ1n) is 6.53.